The molecule has 1 aliphatic heterocycles. The zero-order chi connectivity index (χ0) is 22.2. The predicted molar refractivity (Wildman–Crippen MR) is 125 cm³/mol. The Hall–Kier alpha value is -3.12. The lowest BCUT2D eigenvalue weighted by molar-refractivity contribution is 0.0989. The van der Waals surface area contributed by atoms with Crippen LogP contribution in [0.5, 0.6) is 0 Å². The van der Waals surface area contributed by atoms with Crippen molar-refractivity contribution >= 4 is 27.3 Å². The third-order valence-corrected chi connectivity index (χ3v) is 6.82. The second-order valence-electron chi connectivity index (χ2n) is 8.09. The summed E-state index contributed by atoms with van der Waals surface area (Å²) in [6.45, 7) is 4.74. The molecule has 0 unspecified atom stereocenters. The summed E-state index contributed by atoms with van der Waals surface area (Å²) in [6, 6.07) is 21.0. The summed E-state index contributed by atoms with van der Waals surface area (Å²) in [5, 5.41) is 0. The Labute approximate surface area is 184 Å². The summed E-state index contributed by atoms with van der Waals surface area (Å²) >= 11 is 0. The van der Waals surface area contributed by atoms with Crippen molar-refractivity contribution in [2.75, 3.05) is 22.0 Å². The van der Waals surface area contributed by atoms with Crippen molar-refractivity contribution in [3.63, 3.8) is 0 Å². The molecule has 0 aliphatic carbocycles. The molecule has 1 aliphatic rings. The van der Waals surface area contributed by atoms with E-state index in [1.807, 2.05) is 67.3 Å². The van der Waals surface area contributed by atoms with Gasteiger partial charge in [-0.15, -0.1) is 0 Å². The highest BCUT2D eigenvalue weighted by atomic mass is 32.2. The Kier molecular flexibility index (Phi) is 5.58. The van der Waals surface area contributed by atoms with Gasteiger partial charge in [-0.2, -0.15) is 0 Å². The normalized spacial score (nSPS) is 13.2. The summed E-state index contributed by atoms with van der Waals surface area (Å²) in [4.78, 5) is 14.8. The highest BCUT2D eigenvalue weighted by molar-refractivity contribution is 7.92. The van der Waals surface area contributed by atoms with Crippen molar-refractivity contribution in [2.45, 2.75) is 26.8 Å². The van der Waals surface area contributed by atoms with Gasteiger partial charge in [0.1, 0.15) is 0 Å². The van der Waals surface area contributed by atoms with Gasteiger partial charge in [0.05, 0.1) is 18.5 Å². The van der Waals surface area contributed by atoms with Gasteiger partial charge in [-0.3, -0.25) is 9.10 Å². The second-order valence-corrected chi connectivity index (χ2v) is 10.00. The Morgan fingerprint density at radius 2 is 1.71 bits per heavy atom. The zero-order valence-electron chi connectivity index (χ0n) is 18.0. The number of para-hydroxylation sites is 1. The number of hydrogen-bond donors (Lipinski definition) is 0. The van der Waals surface area contributed by atoms with Crippen molar-refractivity contribution in [2.24, 2.45) is 0 Å². The first kappa shape index (κ1) is 21.1. The molecule has 5 nitrogen and oxygen atoms in total. The molecule has 3 aromatic rings. The van der Waals surface area contributed by atoms with E-state index >= 15 is 0 Å². The van der Waals surface area contributed by atoms with E-state index in [0.717, 1.165) is 28.8 Å². The number of aryl methyl sites for hydroxylation is 2. The van der Waals surface area contributed by atoms with Crippen LogP contribution in [0.15, 0.2) is 66.7 Å². The maximum absolute atomic E-state index is 13.0. The van der Waals surface area contributed by atoms with Crippen LogP contribution in [0, 0.1) is 13.8 Å². The maximum Gasteiger partial charge on any atom is 0.258 e. The minimum Gasteiger partial charge on any atom is -0.308 e. The van der Waals surface area contributed by atoms with Gasteiger partial charge in [0.2, 0.25) is 10.0 Å². The molecule has 160 valence electrons. The summed E-state index contributed by atoms with van der Waals surface area (Å²) < 4.78 is 26.5. The molecule has 0 aromatic heterocycles. The van der Waals surface area contributed by atoms with Crippen LogP contribution in [0.1, 0.15) is 32.6 Å². The molecule has 1 heterocycles. The molecular weight excluding hydrogens is 408 g/mol. The van der Waals surface area contributed by atoms with Crippen LogP contribution in [0.2, 0.25) is 0 Å². The first-order valence-electron chi connectivity index (χ1n) is 10.3. The highest BCUT2D eigenvalue weighted by Crippen LogP contribution is 2.29. The van der Waals surface area contributed by atoms with Gasteiger partial charge in [-0.1, -0.05) is 42.5 Å². The molecule has 4 rings (SSSR count). The van der Waals surface area contributed by atoms with Crippen LogP contribution < -0.4 is 9.21 Å². The van der Waals surface area contributed by atoms with Crippen LogP contribution in [-0.2, 0) is 23.0 Å². The fourth-order valence-electron chi connectivity index (χ4n) is 3.99. The number of hydrogen-bond acceptors (Lipinski definition) is 3. The number of anilines is 2. The molecule has 0 radical (unpaired) electrons. The standard InChI is InChI=1S/C25H26N2O3S/c1-18-8-9-19(2)24(16-18)27(31(3,29)30)17-20-10-12-22(13-11-20)25(28)26-15-14-21-6-4-5-7-23(21)26/h4-13,16H,14-15,17H2,1-3H3. The highest BCUT2D eigenvalue weighted by Gasteiger charge is 2.25. The minimum atomic E-state index is -3.47. The Bertz CT molecular complexity index is 1230. The third-order valence-electron chi connectivity index (χ3n) is 5.69. The predicted octanol–water partition coefficient (Wildman–Crippen LogP) is 4.47. The number of carbonyl (C=O) groups excluding carboxylic acids is 1. The smallest absolute Gasteiger partial charge is 0.258 e. The number of carbonyl (C=O) groups is 1. The molecule has 0 N–H and O–H groups in total. The molecule has 0 fully saturated rings. The van der Waals surface area contributed by atoms with Crippen LogP contribution in [0.4, 0.5) is 11.4 Å². The fourth-order valence-corrected chi connectivity index (χ4v) is 4.93. The molecule has 0 bridgehead atoms. The first-order chi connectivity index (χ1) is 14.7. The largest absolute Gasteiger partial charge is 0.308 e. The van der Waals surface area contributed by atoms with Crippen molar-refractivity contribution in [3.05, 3.63) is 94.5 Å². The Morgan fingerprint density at radius 3 is 2.42 bits per heavy atom. The lowest BCUT2D eigenvalue weighted by Gasteiger charge is -2.25. The lowest BCUT2D eigenvalue weighted by atomic mass is 10.1. The van der Waals surface area contributed by atoms with E-state index in [0.29, 0.717) is 17.8 Å². The van der Waals surface area contributed by atoms with Crippen LogP contribution in [0.25, 0.3) is 0 Å². The van der Waals surface area contributed by atoms with E-state index in [2.05, 4.69) is 6.07 Å². The number of rotatable bonds is 5. The average Bonchev–Trinajstić information content (AvgIpc) is 3.17. The van der Waals surface area contributed by atoms with E-state index in [9.17, 15) is 13.2 Å². The summed E-state index contributed by atoms with van der Waals surface area (Å²) in [7, 11) is -3.47. The van der Waals surface area contributed by atoms with E-state index < -0.39 is 10.0 Å². The SMILES string of the molecule is Cc1ccc(C)c(N(Cc2ccc(C(=O)N3CCc4ccccc43)cc2)S(C)(=O)=O)c1. The van der Waals surface area contributed by atoms with Gasteiger partial charge in [0, 0.05) is 17.8 Å². The first-order valence-corrected chi connectivity index (χ1v) is 12.1. The van der Waals surface area contributed by atoms with E-state index in [4.69, 9.17) is 0 Å². The quantitative estimate of drug-likeness (QED) is 0.595. The molecule has 0 spiro atoms. The van der Waals surface area contributed by atoms with Gasteiger partial charge < -0.3 is 4.90 Å². The fraction of sp³-hybridized carbons (Fsp3) is 0.240. The number of fused-ring (bicyclic) bond motifs is 1. The van der Waals surface area contributed by atoms with Crippen molar-refractivity contribution in [3.8, 4) is 0 Å². The number of amides is 1. The molecule has 3 aromatic carbocycles. The maximum atomic E-state index is 13.0. The molecular formula is C25H26N2O3S. The van der Waals surface area contributed by atoms with Crippen molar-refractivity contribution in [1.29, 1.82) is 0 Å². The molecule has 0 saturated carbocycles. The van der Waals surface area contributed by atoms with Gasteiger partial charge in [0.15, 0.2) is 0 Å². The van der Waals surface area contributed by atoms with Gasteiger partial charge in [0.25, 0.3) is 5.91 Å². The van der Waals surface area contributed by atoms with Crippen LogP contribution in [0.3, 0.4) is 0 Å². The summed E-state index contributed by atoms with van der Waals surface area (Å²) in [5.74, 6) is -0.0361. The van der Waals surface area contributed by atoms with Gasteiger partial charge >= 0.3 is 0 Å². The van der Waals surface area contributed by atoms with E-state index in [1.165, 1.54) is 16.1 Å². The number of nitrogens with zero attached hydrogens (tertiary/aromatic N) is 2. The Balaban J connectivity index is 1.57. The average molecular weight is 435 g/mol. The second kappa shape index (κ2) is 8.19. The lowest BCUT2D eigenvalue weighted by Crippen LogP contribution is -2.30. The molecule has 0 atom stereocenters. The zero-order valence-corrected chi connectivity index (χ0v) is 18.8. The van der Waals surface area contributed by atoms with Crippen molar-refractivity contribution < 1.29 is 13.2 Å². The van der Waals surface area contributed by atoms with Crippen molar-refractivity contribution in [1.82, 2.24) is 0 Å². The molecule has 1 amide bonds. The topological polar surface area (TPSA) is 57.7 Å². The minimum absolute atomic E-state index is 0.0361. The van der Waals surface area contributed by atoms with Gasteiger partial charge in [-0.25, -0.2) is 8.42 Å². The summed E-state index contributed by atoms with van der Waals surface area (Å²) in [6.07, 6.45) is 2.08. The third kappa shape index (κ3) is 4.35. The van der Waals surface area contributed by atoms with E-state index in [1.54, 1.807) is 12.1 Å². The summed E-state index contributed by atoms with van der Waals surface area (Å²) in [5.41, 5.74) is 6.15. The van der Waals surface area contributed by atoms with Gasteiger partial charge in [-0.05, 0) is 66.8 Å². The number of sulfonamides is 1. The number of benzene rings is 3. The van der Waals surface area contributed by atoms with Crippen LogP contribution >= 0.6 is 0 Å². The molecule has 31 heavy (non-hydrogen) atoms. The monoisotopic (exact) mass is 434 g/mol. The van der Waals surface area contributed by atoms with E-state index in [-0.39, 0.29) is 12.5 Å². The molecule has 0 saturated heterocycles. The Morgan fingerprint density at radius 1 is 1.00 bits per heavy atom. The molecule has 6 heteroatoms. The van der Waals surface area contributed by atoms with Crippen LogP contribution in [-0.4, -0.2) is 27.1 Å².